The van der Waals surface area contributed by atoms with E-state index in [9.17, 15) is 9.90 Å². The monoisotopic (exact) mass is 251 g/mol. The number of phenols is 1. The third-order valence-electron chi connectivity index (χ3n) is 3.18. The van der Waals surface area contributed by atoms with Crippen molar-refractivity contribution >= 4 is 5.91 Å². The van der Waals surface area contributed by atoms with Gasteiger partial charge in [0.25, 0.3) is 5.91 Å². The van der Waals surface area contributed by atoms with E-state index in [4.69, 9.17) is 0 Å². The fourth-order valence-electron chi connectivity index (χ4n) is 2.23. The molecule has 94 valence electrons. The normalized spacial score (nSPS) is 15.7. The fourth-order valence-corrected chi connectivity index (χ4v) is 2.23. The Kier molecular flexibility index (Phi) is 2.80. The van der Waals surface area contributed by atoms with Crippen molar-refractivity contribution in [1.29, 1.82) is 0 Å². The highest BCUT2D eigenvalue weighted by Gasteiger charge is 2.21. The number of allylic oxidation sites excluding steroid dienone is 6. The van der Waals surface area contributed by atoms with Crippen LogP contribution in [-0.2, 0) is 11.3 Å². The lowest BCUT2D eigenvalue weighted by molar-refractivity contribution is -0.117. The molecule has 0 atom stereocenters. The Hall–Kier alpha value is -2.55. The molecule has 2 aliphatic rings. The summed E-state index contributed by atoms with van der Waals surface area (Å²) in [7, 11) is 0. The molecule has 0 saturated heterocycles. The summed E-state index contributed by atoms with van der Waals surface area (Å²) in [5.74, 6) is 0.114. The minimum Gasteiger partial charge on any atom is -0.508 e. The van der Waals surface area contributed by atoms with Crippen LogP contribution in [-0.4, -0.2) is 11.0 Å². The lowest BCUT2D eigenvalue weighted by Crippen LogP contribution is -2.24. The van der Waals surface area contributed by atoms with Crippen LogP contribution in [0.2, 0.25) is 0 Å². The van der Waals surface area contributed by atoms with Gasteiger partial charge in [-0.3, -0.25) is 4.79 Å². The number of fused-ring (bicyclic) bond motifs is 1. The zero-order valence-corrected chi connectivity index (χ0v) is 10.3. The number of phenolic OH excluding ortho intramolecular Hbond substituents is 1. The average Bonchev–Trinajstić information content (AvgIpc) is 2.98. The van der Waals surface area contributed by atoms with E-state index in [1.807, 2.05) is 36.4 Å². The lowest BCUT2D eigenvalue weighted by atomic mass is 10.1. The molecule has 0 unspecified atom stereocenters. The molecule has 0 aromatic heterocycles. The number of amides is 1. The van der Waals surface area contributed by atoms with Crippen molar-refractivity contribution in [2.24, 2.45) is 0 Å². The van der Waals surface area contributed by atoms with Crippen molar-refractivity contribution in [3.8, 4) is 5.75 Å². The summed E-state index contributed by atoms with van der Waals surface area (Å²) in [6.07, 6.45) is 9.65. The van der Waals surface area contributed by atoms with Crippen LogP contribution in [0.5, 0.6) is 5.75 Å². The predicted octanol–water partition coefficient (Wildman–Crippen LogP) is 2.37. The number of carbonyl (C=O) groups excluding carboxylic acids is 1. The van der Waals surface area contributed by atoms with Crippen molar-refractivity contribution in [1.82, 2.24) is 5.32 Å². The standard InChI is InChI=1S/C16H13NO2/c18-13-5-1-3-11(9-13)10-17-16(19)15-8-7-12-4-2-6-14(12)15/h1-9,18H,10H2,(H,17,19). The Morgan fingerprint density at radius 2 is 2.11 bits per heavy atom. The maximum Gasteiger partial charge on any atom is 0.252 e. The van der Waals surface area contributed by atoms with E-state index >= 15 is 0 Å². The summed E-state index contributed by atoms with van der Waals surface area (Å²) in [4.78, 5) is 12.1. The largest absolute Gasteiger partial charge is 0.508 e. The molecular weight excluding hydrogens is 238 g/mol. The SMILES string of the molecule is O=C(NCc1cccc(O)c1)C1=CC=C2C=CC=C21. The van der Waals surface area contributed by atoms with Gasteiger partial charge in [0, 0.05) is 12.1 Å². The van der Waals surface area contributed by atoms with Crippen LogP contribution < -0.4 is 5.32 Å². The van der Waals surface area contributed by atoms with Gasteiger partial charge >= 0.3 is 0 Å². The van der Waals surface area contributed by atoms with E-state index in [-0.39, 0.29) is 11.7 Å². The zero-order chi connectivity index (χ0) is 13.2. The van der Waals surface area contributed by atoms with Crippen LogP contribution in [0.4, 0.5) is 0 Å². The number of hydrogen-bond acceptors (Lipinski definition) is 2. The van der Waals surface area contributed by atoms with Gasteiger partial charge in [0.1, 0.15) is 5.75 Å². The Morgan fingerprint density at radius 3 is 2.95 bits per heavy atom. The van der Waals surface area contributed by atoms with Crippen LogP contribution in [0.1, 0.15) is 5.56 Å². The molecule has 2 N–H and O–H groups in total. The first-order valence-electron chi connectivity index (χ1n) is 6.11. The van der Waals surface area contributed by atoms with Crippen molar-refractivity contribution in [3.05, 3.63) is 76.9 Å². The average molecular weight is 251 g/mol. The number of hydrogen-bond donors (Lipinski definition) is 2. The van der Waals surface area contributed by atoms with Crippen LogP contribution in [0.15, 0.2) is 71.4 Å². The van der Waals surface area contributed by atoms with Gasteiger partial charge in [-0.1, -0.05) is 36.4 Å². The van der Waals surface area contributed by atoms with Gasteiger partial charge in [-0.05, 0) is 34.9 Å². The first-order chi connectivity index (χ1) is 9.24. The second-order valence-corrected chi connectivity index (χ2v) is 4.49. The molecule has 2 aliphatic carbocycles. The topological polar surface area (TPSA) is 49.3 Å². The predicted molar refractivity (Wildman–Crippen MR) is 73.3 cm³/mol. The van der Waals surface area contributed by atoms with Gasteiger partial charge in [0.15, 0.2) is 0 Å². The van der Waals surface area contributed by atoms with Gasteiger partial charge < -0.3 is 10.4 Å². The molecule has 0 aliphatic heterocycles. The van der Waals surface area contributed by atoms with Gasteiger partial charge in [0.2, 0.25) is 0 Å². The molecular formula is C16H13NO2. The van der Waals surface area contributed by atoms with Crippen LogP contribution in [0, 0.1) is 0 Å². The Morgan fingerprint density at radius 1 is 1.21 bits per heavy atom. The highest BCUT2D eigenvalue weighted by molar-refractivity contribution is 6.01. The maximum atomic E-state index is 12.1. The number of rotatable bonds is 3. The summed E-state index contributed by atoms with van der Waals surface area (Å²) < 4.78 is 0. The molecule has 1 aromatic carbocycles. The molecule has 0 heterocycles. The first-order valence-corrected chi connectivity index (χ1v) is 6.11. The van der Waals surface area contributed by atoms with Crippen molar-refractivity contribution in [2.75, 3.05) is 0 Å². The molecule has 0 saturated carbocycles. The second-order valence-electron chi connectivity index (χ2n) is 4.49. The highest BCUT2D eigenvalue weighted by Crippen LogP contribution is 2.30. The smallest absolute Gasteiger partial charge is 0.252 e. The number of benzene rings is 1. The van der Waals surface area contributed by atoms with E-state index in [1.165, 1.54) is 0 Å². The summed E-state index contributed by atoms with van der Waals surface area (Å²) in [6.45, 7) is 0.403. The molecule has 0 spiro atoms. The van der Waals surface area contributed by atoms with E-state index in [0.717, 1.165) is 16.7 Å². The fraction of sp³-hybridized carbons (Fsp3) is 0.0625. The van der Waals surface area contributed by atoms with Gasteiger partial charge in [0.05, 0.1) is 0 Å². The quantitative estimate of drug-likeness (QED) is 0.866. The van der Waals surface area contributed by atoms with Crippen molar-refractivity contribution in [3.63, 3.8) is 0 Å². The summed E-state index contributed by atoms with van der Waals surface area (Å²) in [6, 6.07) is 6.87. The summed E-state index contributed by atoms with van der Waals surface area (Å²) in [5, 5.41) is 12.2. The molecule has 3 nitrogen and oxygen atoms in total. The minimum absolute atomic E-state index is 0.0930. The van der Waals surface area contributed by atoms with Crippen LogP contribution >= 0.6 is 0 Å². The number of nitrogens with one attached hydrogen (secondary N) is 1. The number of aromatic hydroxyl groups is 1. The number of carbonyl (C=O) groups is 1. The zero-order valence-electron chi connectivity index (χ0n) is 10.3. The van der Waals surface area contributed by atoms with Crippen LogP contribution in [0.25, 0.3) is 0 Å². The van der Waals surface area contributed by atoms with Crippen molar-refractivity contribution < 1.29 is 9.90 Å². The van der Waals surface area contributed by atoms with Crippen LogP contribution in [0.3, 0.4) is 0 Å². The Labute approximate surface area is 111 Å². The third-order valence-corrected chi connectivity index (χ3v) is 3.18. The van der Waals surface area contributed by atoms with E-state index in [2.05, 4.69) is 5.32 Å². The Balaban J connectivity index is 1.64. The molecule has 19 heavy (non-hydrogen) atoms. The molecule has 3 heteroatoms. The van der Waals surface area contributed by atoms with E-state index in [0.29, 0.717) is 12.1 Å². The van der Waals surface area contributed by atoms with Crippen molar-refractivity contribution in [2.45, 2.75) is 6.54 Å². The molecule has 3 rings (SSSR count). The third kappa shape index (κ3) is 2.22. The molecule has 1 aromatic rings. The molecule has 1 amide bonds. The first kappa shape index (κ1) is 11.5. The van der Waals surface area contributed by atoms with E-state index in [1.54, 1.807) is 18.2 Å². The summed E-state index contributed by atoms with van der Waals surface area (Å²) in [5.41, 5.74) is 3.63. The Bertz CT molecular complexity index is 663. The van der Waals surface area contributed by atoms with Gasteiger partial charge in [-0.25, -0.2) is 0 Å². The highest BCUT2D eigenvalue weighted by atomic mass is 16.3. The van der Waals surface area contributed by atoms with E-state index < -0.39 is 0 Å². The molecule has 0 bridgehead atoms. The second kappa shape index (κ2) is 4.61. The molecule has 0 fully saturated rings. The lowest BCUT2D eigenvalue weighted by Gasteiger charge is -2.08. The molecule has 0 radical (unpaired) electrons. The minimum atomic E-state index is -0.0930. The summed E-state index contributed by atoms with van der Waals surface area (Å²) >= 11 is 0. The maximum absolute atomic E-state index is 12.1. The van der Waals surface area contributed by atoms with Gasteiger partial charge in [-0.15, -0.1) is 0 Å². The van der Waals surface area contributed by atoms with Gasteiger partial charge in [-0.2, -0.15) is 0 Å².